The zero-order valence-corrected chi connectivity index (χ0v) is 12.9. The van der Waals surface area contributed by atoms with Crippen molar-refractivity contribution in [1.82, 2.24) is 0 Å². The number of carboxylic acids is 1. The average Bonchev–Trinajstić information content (AvgIpc) is 2.47. The molecule has 0 aliphatic rings. The van der Waals surface area contributed by atoms with Crippen molar-refractivity contribution in [2.45, 2.75) is 19.4 Å². The summed E-state index contributed by atoms with van der Waals surface area (Å²) in [6.07, 6.45) is 0. The highest BCUT2D eigenvalue weighted by atomic mass is 35.5. The second-order valence-electron chi connectivity index (χ2n) is 5.28. The molecule has 0 radical (unpaired) electrons. The first-order valence-electron chi connectivity index (χ1n) is 6.62. The number of ether oxygens (including phenoxy) is 1. The quantitative estimate of drug-likeness (QED) is 0.849. The summed E-state index contributed by atoms with van der Waals surface area (Å²) in [4.78, 5) is 23.3. The van der Waals surface area contributed by atoms with E-state index in [2.05, 4.69) is 0 Å². The largest absolute Gasteiger partial charge is 0.478 e. The maximum Gasteiger partial charge on any atom is 0.347 e. The number of hydrogen-bond donors (Lipinski definition) is 1. The van der Waals surface area contributed by atoms with Crippen molar-refractivity contribution in [2.24, 2.45) is 0 Å². The van der Waals surface area contributed by atoms with Crippen LogP contribution in [0.5, 0.6) is 5.75 Å². The van der Waals surface area contributed by atoms with Gasteiger partial charge < -0.3 is 9.84 Å². The fourth-order valence-corrected chi connectivity index (χ4v) is 1.91. The van der Waals surface area contributed by atoms with Crippen LogP contribution in [0.3, 0.4) is 0 Å². The van der Waals surface area contributed by atoms with E-state index in [0.717, 1.165) is 0 Å². The molecule has 0 spiro atoms. The number of carboxylic acid groups (broad SMARTS) is 1. The third-order valence-corrected chi connectivity index (χ3v) is 3.36. The number of benzene rings is 2. The van der Waals surface area contributed by atoms with Gasteiger partial charge in [-0.05, 0) is 62.4 Å². The van der Waals surface area contributed by atoms with Crippen molar-refractivity contribution in [1.29, 1.82) is 0 Å². The Balaban J connectivity index is 2.16. The van der Waals surface area contributed by atoms with Crippen LogP contribution < -0.4 is 4.74 Å². The molecular weight excluding hydrogens is 310 g/mol. The molecule has 0 unspecified atom stereocenters. The van der Waals surface area contributed by atoms with Crippen LogP contribution in [-0.2, 0) is 4.79 Å². The Hall–Kier alpha value is -2.33. The monoisotopic (exact) mass is 324 g/mol. The molecule has 2 aromatic carbocycles. The first kappa shape index (κ1) is 16.0. The third-order valence-electron chi connectivity index (χ3n) is 3.11. The van der Waals surface area contributed by atoms with E-state index in [-0.39, 0.29) is 5.78 Å². The number of aliphatic carboxylic acids is 1. The minimum Gasteiger partial charge on any atom is -0.478 e. The number of halogens is 1. The molecule has 2 rings (SSSR count). The number of hydrogen-bond acceptors (Lipinski definition) is 3. The van der Waals surface area contributed by atoms with Crippen LogP contribution in [0.2, 0.25) is 5.02 Å². The summed E-state index contributed by atoms with van der Waals surface area (Å²) < 4.78 is 5.39. The SMILES string of the molecule is CC(C)(O[13c]1[13cH][13cH][13c](C(=O)c2ccc(Cl)cc2)[13cH][13cH]1)C(=O)O. The molecule has 4 nitrogen and oxygen atoms in total. The van der Waals surface area contributed by atoms with Crippen molar-refractivity contribution < 1.29 is 19.4 Å². The van der Waals surface area contributed by atoms with E-state index < -0.39 is 11.6 Å². The molecule has 22 heavy (non-hydrogen) atoms. The second-order valence-corrected chi connectivity index (χ2v) is 5.71. The van der Waals surface area contributed by atoms with E-state index >= 15 is 0 Å². The van der Waals surface area contributed by atoms with Gasteiger partial charge in [0.05, 0.1) is 0 Å². The van der Waals surface area contributed by atoms with Gasteiger partial charge in [0.2, 0.25) is 0 Å². The van der Waals surface area contributed by atoms with E-state index in [0.29, 0.717) is 21.9 Å². The Kier molecular flexibility index (Phi) is 4.52. The lowest BCUT2D eigenvalue weighted by molar-refractivity contribution is -0.152. The first-order valence-corrected chi connectivity index (χ1v) is 7.00. The van der Waals surface area contributed by atoms with Crippen molar-refractivity contribution >= 4 is 23.4 Å². The Morgan fingerprint density at radius 2 is 1.41 bits per heavy atom. The molecule has 0 fully saturated rings. The summed E-state index contributed by atoms with van der Waals surface area (Å²) in [5, 5.41) is 9.59. The topological polar surface area (TPSA) is 63.6 Å². The molecule has 0 aromatic heterocycles. The van der Waals surface area contributed by atoms with Crippen molar-refractivity contribution in [2.75, 3.05) is 0 Å². The van der Waals surface area contributed by atoms with Crippen LogP contribution >= 0.6 is 11.6 Å². The summed E-state index contributed by atoms with van der Waals surface area (Å²) in [6.45, 7) is 2.92. The Morgan fingerprint density at radius 1 is 0.955 bits per heavy atom. The lowest BCUT2D eigenvalue weighted by Crippen LogP contribution is -2.37. The van der Waals surface area contributed by atoms with Crippen molar-refractivity contribution in [3.63, 3.8) is 0 Å². The summed E-state index contributed by atoms with van der Waals surface area (Å²) in [5.74, 6) is -0.811. The fraction of sp³-hybridized carbons (Fsp3) is 0.176. The Morgan fingerprint density at radius 3 is 1.86 bits per heavy atom. The van der Waals surface area contributed by atoms with E-state index in [1.165, 1.54) is 13.8 Å². The number of ketones is 1. The molecule has 0 aliphatic heterocycles. The standard InChI is InChI=1S/C17H15ClO4/c1-17(2,16(20)21)22-14-9-5-12(6-10-14)15(19)11-3-7-13(18)8-4-11/h3-10H,1-2H3,(H,20,21)/i5+1,6+1,9+1,10+1,12+1,14+1. The molecule has 0 saturated carbocycles. The highest BCUT2D eigenvalue weighted by Crippen LogP contribution is 2.21. The second kappa shape index (κ2) is 6.20. The van der Waals surface area contributed by atoms with Gasteiger partial charge >= 0.3 is 5.97 Å². The average molecular weight is 325 g/mol. The van der Waals surface area contributed by atoms with Crippen LogP contribution in [0.4, 0.5) is 0 Å². The molecule has 0 saturated heterocycles. The molecule has 0 atom stereocenters. The van der Waals surface area contributed by atoms with Crippen molar-refractivity contribution in [3.8, 4) is 5.75 Å². The maximum absolute atomic E-state index is 12.3. The molecule has 0 amide bonds. The van der Waals surface area contributed by atoms with Gasteiger partial charge in [0.1, 0.15) is 5.75 Å². The van der Waals surface area contributed by atoms with Crippen LogP contribution in [-0.4, -0.2) is 22.5 Å². The highest BCUT2D eigenvalue weighted by molar-refractivity contribution is 6.30. The minimum atomic E-state index is -1.33. The molecule has 0 bridgehead atoms. The van der Waals surface area contributed by atoms with E-state index in [1.807, 2.05) is 0 Å². The predicted octanol–water partition coefficient (Wildman–Crippen LogP) is 3.81. The zero-order valence-electron chi connectivity index (χ0n) is 12.2. The van der Waals surface area contributed by atoms with Crippen LogP contribution in [0.25, 0.3) is 0 Å². The Bertz CT molecular complexity index is 688. The molecular formula is C17H15ClO4. The smallest absolute Gasteiger partial charge is 0.347 e. The van der Waals surface area contributed by atoms with Gasteiger partial charge in [0.15, 0.2) is 11.4 Å². The minimum absolute atomic E-state index is 0.138. The van der Waals surface area contributed by atoms with Gasteiger partial charge in [-0.15, -0.1) is 0 Å². The van der Waals surface area contributed by atoms with Gasteiger partial charge in [-0.1, -0.05) is 11.6 Å². The molecule has 114 valence electrons. The van der Waals surface area contributed by atoms with Gasteiger partial charge in [0.25, 0.3) is 0 Å². The normalized spacial score (nSPS) is 11.0. The summed E-state index contributed by atoms with van der Waals surface area (Å²) >= 11 is 5.79. The van der Waals surface area contributed by atoms with Gasteiger partial charge in [-0.3, -0.25) is 4.79 Å². The van der Waals surface area contributed by atoms with Crippen molar-refractivity contribution in [3.05, 3.63) is 64.7 Å². The molecule has 5 heteroatoms. The molecule has 0 heterocycles. The fourth-order valence-electron chi connectivity index (χ4n) is 1.78. The molecule has 1 N–H and O–H groups in total. The maximum atomic E-state index is 12.3. The van der Waals surface area contributed by atoms with Gasteiger partial charge in [-0.2, -0.15) is 0 Å². The van der Waals surface area contributed by atoms with Crippen LogP contribution in [0, 0.1) is 0 Å². The summed E-state index contributed by atoms with van der Waals surface area (Å²) in [7, 11) is 0. The zero-order chi connectivity index (χ0) is 16.3. The number of carbonyl (C=O) groups is 2. The highest BCUT2D eigenvalue weighted by Gasteiger charge is 2.29. The van der Waals surface area contributed by atoms with E-state index in [9.17, 15) is 9.59 Å². The lowest BCUT2D eigenvalue weighted by atomic mass is 10.1. The molecule has 2 aromatic rings. The number of rotatable bonds is 5. The van der Waals surface area contributed by atoms with Gasteiger partial charge in [0, 0.05) is 16.1 Å². The van der Waals surface area contributed by atoms with Gasteiger partial charge in [-0.25, -0.2) is 4.79 Å². The summed E-state index contributed by atoms with van der Waals surface area (Å²) in [5.41, 5.74) is -0.312. The molecule has 0 aliphatic carbocycles. The van der Waals surface area contributed by atoms with E-state index in [1.54, 1.807) is 48.5 Å². The number of carbonyl (C=O) groups excluding carboxylic acids is 1. The third kappa shape index (κ3) is 3.65. The van der Waals surface area contributed by atoms with Crippen LogP contribution in [0.15, 0.2) is 48.5 Å². The predicted molar refractivity (Wildman–Crippen MR) is 83.7 cm³/mol. The first-order chi connectivity index (χ1) is 10.3. The van der Waals surface area contributed by atoms with Crippen LogP contribution in [0.1, 0.15) is 29.8 Å². The Labute approximate surface area is 133 Å². The summed E-state index contributed by atoms with van der Waals surface area (Å²) in [6, 6.07) is 13.0. The lowest BCUT2D eigenvalue weighted by Gasteiger charge is -2.21. The van der Waals surface area contributed by atoms with E-state index in [4.69, 9.17) is 21.4 Å².